The van der Waals surface area contributed by atoms with E-state index in [-0.39, 0.29) is 12.5 Å². The van der Waals surface area contributed by atoms with Crippen molar-refractivity contribution < 1.29 is 14.1 Å². The van der Waals surface area contributed by atoms with Crippen LogP contribution in [0.15, 0.2) is 0 Å². The highest BCUT2D eigenvalue weighted by Gasteiger charge is 1.95. The Morgan fingerprint density at radius 3 is 2.78 bits per heavy atom. The number of aldehydes is 1. The van der Waals surface area contributed by atoms with E-state index in [0.717, 1.165) is 0 Å². The number of carbonyl (C=O) groups excluding carboxylic acids is 1. The first-order valence-electron chi connectivity index (χ1n) is 2.84. The van der Waals surface area contributed by atoms with Gasteiger partial charge in [-0.25, -0.2) is 0 Å². The van der Waals surface area contributed by atoms with E-state index in [1.165, 1.54) is 0 Å². The summed E-state index contributed by atoms with van der Waals surface area (Å²) < 4.78 is 15.5. The summed E-state index contributed by atoms with van der Waals surface area (Å²) in [5, 5.41) is 0. The highest BCUT2D eigenvalue weighted by Crippen LogP contribution is 2.17. The normalized spacial score (nSPS) is 13.0. The summed E-state index contributed by atoms with van der Waals surface area (Å²) in [7, 11) is -1.74. The maximum Gasteiger partial charge on any atom is 0.127 e. The third-order valence-corrected chi connectivity index (χ3v) is 1.93. The van der Waals surface area contributed by atoms with Crippen LogP contribution in [0.2, 0.25) is 0 Å². The van der Waals surface area contributed by atoms with E-state index in [2.05, 4.69) is 0 Å². The molecule has 0 saturated carbocycles. The monoisotopic (exact) mass is 150 g/mol. The van der Waals surface area contributed by atoms with Gasteiger partial charge in [0.2, 0.25) is 0 Å². The van der Waals surface area contributed by atoms with Crippen LogP contribution in [0.3, 0.4) is 0 Å². The Morgan fingerprint density at radius 2 is 2.33 bits per heavy atom. The Hall–Kier alpha value is -0.140. The largest absolute Gasteiger partial charge is 0.374 e. The number of rotatable bonds is 5. The fourth-order valence-electron chi connectivity index (χ4n) is 0.368. The molecule has 4 heteroatoms. The average molecular weight is 150 g/mol. The molecule has 0 rings (SSSR count). The van der Waals surface area contributed by atoms with Crippen LogP contribution in [-0.4, -0.2) is 25.4 Å². The van der Waals surface area contributed by atoms with Crippen LogP contribution < -0.4 is 0 Å². The molecule has 3 nitrogen and oxygen atoms in total. The highest BCUT2D eigenvalue weighted by molar-refractivity contribution is 7.45. The van der Waals surface area contributed by atoms with Gasteiger partial charge in [0.25, 0.3) is 0 Å². The first-order chi connectivity index (χ1) is 4.31. The second-order valence-corrected chi connectivity index (χ2v) is 3.32. The lowest BCUT2D eigenvalue weighted by molar-refractivity contribution is -0.105. The summed E-state index contributed by atoms with van der Waals surface area (Å²) in [6.07, 6.45) is 1.07. The van der Waals surface area contributed by atoms with Gasteiger partial charge in [0.05, 0.1) is 12.5 Å². The molecule has 0 aromatic heterocycles. The molecule has 1 atom stereocenters. The van der Waals surface area contributed by atoms with E-state index in [4.69, 9.17) is 4.74 Å². The van der Waals surface area contributed by atoms with Gasteiger partial charge in [0.15, 0.2) is 0 Å². The average Bonchev–Trinajstić information content (AvgIpc) is 1.85. The van der Waals surface area contributed by atoms with Gasteiger partial charge in [0, 0.05) is 6.61 Å². The number of carbonyl (C=O) groups is 1. The first-order valence-corrected chi connectivity index (χ1v) is 4.66. The molecule has 0 saturated heterocycles. The summed E-state index contributed by atoms with van der Waals surface area (Å²) in [5.41, 5.74) is 0. The Morgan fingerprint density at radius 1 is 1.67 bits per heavy atom. The predicted molar refractivity (Wildman–Crippen MR) is 36.4 cm³/mol. The third-order valence-electron chi connectivity index (χ3n) is 0.778. The Balaban J connectivity index is 3.16. The van der Waals surface area contributed by atoms with Gasteiger partial charge in [0.1, 0.15) is 14.1 Å². The number of hydrogen-bond acceptors (Lipinski definition) is 3. The first kappa shape index (κ1) is 8.86. The summed E-state index contributed by atoms with van der Waals surface area (Å²) in [4.78, 5) is 9.75. The molecule has 0 radical (unpaired) electrons. The SMILES string of the molecule is CCOC[PH](=O)CC=O. The van der Waals surface area contributed by atoms with Crippen molar-refractivity contribution in [2.45, 2.75) is 6.92 Å². The van der Waals surface area contributed by atoms with Crippen LogP contribution in [0.1, 0.15) is 6.92 Å². The number of ether oxygens (including phenoxy) is 1. The topological polar surface area (TPSA) is 43.4 Å². The zero-order chi connectivity index (χ0) is 7.11. The minimum atomic E-state index is -1.74. The Labute approximate surface area is 55.2 Å². The van der Waals surface area contributed by atoms with Crippen LogP contribution in [0, 0.1) is 0 Å². The van der Waals surface area contributed by atoms with Crippen LogP contribution in [0.25, 0.3) is 0 Å². The van der Waals surface area contributed by atoms with Gasteiger partial charge in [-0.3, -0.25) is 0 Å². The quantitative estimate of drug-likeness (QED) is 0.428. The maximum atomic E-state index is 10.6. The minimum Gasteiger partial charge on any atom is -0.374 e. The van der Waals surface area contributed by atoms with Crippen molar-refractivity contribution in [3.8, 4) is 0 Å². The zero-order valence-corrected chi connectivity index (χ0v) is 6.42. The van der Waals surface area contributed by atoms with Crippen LogP contribution in [-0.2, 0) is 14.1 Å². The van der Waals surface area contributed by atoms with Crippen molar-refractivity contribution in [2.75, 3.05) is 19.1 Å². The van der Waals surface area contributed by atoms with Crippen molar-refractivity contribution in [2.24, 2.45) is 0 Å². The molecule has 0 fully saturated rings. The molecule has 0 aromatic rings. The molecule has 0 aliphatic carbocycles. The van der Waals surface area contributed by atoms with E-state index in [1.54, 1.807) is 0 Å². The summed E-state index contributed by atoms with van der Waals surface area (Å²) in [6, 6.07) is 0. The van der Waals surface area contributed by atoms with Crippen molar-refractivity contribution >= 4 is 14.1 Å². The molecule has 0 aliphatic heterocycles. The van der Waals surface area contributed by atoms with E-state index in [0.29, 0.717) is 12.9 Å². The van der Waals surface area contributed by atoms with E-state index in [1.807, 2.05) is 6.92 Å². The molecule has 9 heavy (non-hydrogen) atoms. The second kappa shape index (κ2) is 5.99. The van der Waals surface area contributed by atoms with E-state index in [9.17, 15) is 9.36 Å². The molecule has 54 valence electrons. The van der Waals surface area contributed by atoms with Crippen molar-refractivity contribution in [3.05, 3.63) is 0 Å². The van der Waals surface area contributed by atoms with Crippen molar-refractivity contribution in [1.82, 2.24) is 0 Å². The zero-order valence-electron chi connectivity index (χ0n) is 5.42. The molecule has 0 aliphatic rings. The number of hydrogen-bond donors (Lipinski definition) is 0. The van der Waals surface area contributed by atoms with Gasteiger partial charge < -0.3 is 14.1 Å². The third kappa shape index (κ3) is 5.74. The van der Waals surface area contributed by atoms with Crippen LogP contribution >= 0.6 is 7.80 Å². The Kier molecular flexibility index (Phi) is 5.89. The summed E-state index contributed by atoms with van der Waals surface area (Å²) in [6.45, 7) is 2.39. The molecule has 0 aromatic carbocycles. The van der Waals surface area contributed by atoms with Crippen molar-refractivity contribution in [3.63, 3.8) is 0 Å². The molecule has 0 bridgehead atoms. The second-order valence-electron chi connectivity index (χ2n) is 1.55. The standard InChI is InChI=1S/C5H11O3P/c1-2-8-5-9(7)4-3-6/h3,9H,2,4-5H2,1H3. The van der Waals surface area contributed by atoms with Gasteiger partial charge in [-0.05, 0) is 6.92 Å². The lowest BCUT2D eigenvalue weighted by Crippen LogP contribution is -1.90. The molecular formula is C5H11O3P. The van der Waals surface area contributed by atoms with Gasteiger partial charge in [-0.2, -0.15) is 0 Å². The minimum absolute atomic E-state index is 0.157. The summed E-state index contributed by atoms with van der Waals surface area (Å²) >= 11 is 0. The Bertz CT molecular complexity index is 102. The highest BCUT2D eigenvalue weighted by atomic mass is 31.1. The fourth-order valence-corrected chi connectivity index (χ4v) is 1.10. The molecule has 0 spiro atoms. The predicted octanol–water partition coefficient (Wildman–Crippen LogP) is 0.739. The van der Waals surface area contributed by atoms with Crippen LogP contribution in [0.5, 0.6) is 0 Å². The molecule has 0 heterocycles. The molecular weight excluding hydrogens is 139 g/mol. The molecule has 1 unspecified atom stereocenters. The van der Waals surface area contributed by atoms with Crippen molar-refractivity contribution in [1.29, 1.82) is 0 Å². The molecule has 0 amide bonds. The van der Waals surface area contributed by atoms with Gasteiger partial charge in [-0.15, -0.1) is 0 Å². The van der Waals surface area contributed by atoms with Gasteiger partial charge in [-0.1, -0.05) is 0 Å². The lowest BCUT2D eigenvalue weighted by Gasteiger charge is -1.95. The fraction of sp³-hybridized carbons (Fsp3) is 0.800. The van der Waals surface area contributed by atoms with E-state index >= 15 is 0 Å². The maximum absolute atomic E-state index is 10.6. The van der Waals surface area contributed by atoms with Crippen LogP contribution in [0.4, 0.5) is 0 Å². The summed E-state index contributed by atoms with van der Waals surface area (Å²) in [5.74, 6) is 0. The van der Waals surface area contributed by atoms with E-state index < -0.39 is 7.80 Å². The lowest BCUT2D eigenvalue weighted by atomic mass is 10.9. The van der Waals surface area contributed by atoms with Gasteiger partial charge >= 0.3 is 0 Å². The smallest absolute Gasteiger partial charge is 0.127 e. The molecule has 0 N–H and O–H groups in total.